The number of aromatic nitrogens is 4. The Hall–Kier alpha value is -3.14. The van der Waals surface area contributed by atoms with Crippen LogP contribution >= 0.6 is 0 Å². The van der Waals surface area contributed by atoms with Crippen LogP contribution in [0, 0.1) is 0 Å². The van der Waals surface area contributed by atoms with Crippen LogP contribution in [-0.2, 0) is 10.0 Å². The van der Waals surface area contributed by atoms with Gasteiger partial charge < -0.3 is 4.98 Å². The maximum absolute atomic E-state index is 12.9. The number of benzene rings is 1. The highest BCUT2D eigenvalue weighted by molar-refractivity contribution is 7.92. The summed E-state index contributed by atoms with van der Waals surface area (Å²) in [6, 6.07) is 8.81. The van der Waals surface area contributed by atoms with E-state index in [0.717, 1.165) is 6.20 Å². The zero-order valence-electron chi connectivity index (χ0n) is 14.1. The summed E-state index contributed by atoms with van der Waals surface area (Å²) in [6.07, 6.45) is 2.42. The van der Waals surface area contributed by atoms with Crippen LogP contribution in [0.2, 0.25) is 0 Å². The number of nitrogens with zero attached hydrogens (tertiary/aromatic N) is 2. The highest BCUT2D eigenvalue weighted by Gasteiger charge is 2.25. The summed E-state index contributed by atoms with van der Waals surface area (Å²) < 4.78 is 29.5. The van der Waals surface area contributed by atoms with Crippen molar-refractivity contribution in [1.29, 1.82) is 0 Å². The van der Waals surface area contributed by atoms with E-state index in [4.69, 9.17) is 0 Å². The number of aromatic amines is 2. The molecule has 10 heteroatoms. The Kier molecular flexibility index (Phi) is 4.51. The summed E-state index contributed by atoms with van der Waals surface area (Å²) in [5.74, 6) is 0. The van der Waals surface area contributed by atoms with E-state index in [-0.39, 0.29) is 22.3 Å². The quantitative estimate of drug-likeness (QED) is 0.619. The number of nitrogens with one attached hydrogen (secondary N) is 3. The van der Waals surface area contributed by atoms with Crippen LogP contribution in [0.1, 0.15) is 19.9 Å². The molecule has 0 saturated heterocycles. The molecule has 136 valence electrons. The van der Waals surface area contributed by atoms with Crippen molar-refractivity contribution in [3.8, 4) is 11.3 Å². The summed E-state index contributed by atoms with van der Waals surface area (Å²) in [5.41, 5.74) is -0.957. The highest BCUT2D eigenvalue weighted by Crippen LogP contribution is 2.28. The van der Waals surface area contributed by atoms with E-state index in [9.17, 15) is 18.0 Å². The fourth-order valence-corrected chi connectivity index (χ4v) is 3.53. The van der Waals surface area contributed by atoms with Crippen LogP contribution < -0.4 is 16.0 Å². The van der Waals surface area contributed by atoms with Gasteiger partial charge in [0.05, 0.1) is 0 Å². The predicted octanol–water partition coefficient (Wildman–Crippen LogP) is 1.31. The van der Waals surface area contributed by atoms with Gasteiger partial charge in [0.1, 0.15) is 16.3 Å². The van der Waals surface area contributed by atoms with Crippen molar-refractivity contribution in [3.63, 3.8) is 0 Å². The first-order valence-corrected chi connectivity index (χ1v) is 9.25. The fourth-order valence-electron chi connectivity index (χ4n) is 2.32. The normalized spacial score (nSPS) is 11.7. The summed E-state index contributed by atoms with van der Waals surface area (Å²) in [5, 5.41) is 4.38. The monoisotopic (exact) mass is 375 g/mol. The summed E-state index contributed by atoms with van der Waals surface area (Å²) in [4.78, 5) is 27.0. The molecule has 0 aliphatic heterocycles. The van der Waals surface area contributed by atoms with Crippen molar-refractivity contribution >= 4 is 15.7 Å². The van der Waals surface area contributed by atoms with Crippen molar-refractivity contribution in [2.75, 3.05) is 4.72 Å². The standard InChI is InChI=1S/C16H17N5O4S/c1-10(2)21-9-13(14(19-21)11-6-4-3-5-7-11)26(24,25)20-12-8-17-16(23)18-15(12)22/h3-10,20H,1-2H3,(H2,17,18,22,23). The first-order valence-electron chi connectivity index (χ1n) is 7.77. The number of H-pyrrole nitrogens is 2. The second-order valence-corrected chi connectivity index (χ2v) is 7.52. The summed E-state index contributed by atoms with van der Waals surface area (Å²) in [6.45, 7) is 3.75. The lowest BCUT2D eigenvalue weighted by atomic mass is 10.2. The zero-order chi connectivity index (χ0) is 18.9. The second-order valence-electron chi connectivity index (χ2n) is 5.87. The third-order valence-electron chi connectivity index (χ3n) is 3.63. The molecule has 26 heavy (non-hydrogen) atoms. The van der Waals surface area contributed by atoms with Crippen molar-refractivity contribution in [3.05, 3.63) is 63.6 Å². The van der Waals surface area contributed by atoms with Crippen LogP contribution in [0.25, 0.3) is 11.3 Å². The maximum atomic E-state index is 12.9. The molecule has 9 nitrogen and oxygen atoms in total. The molecule has 0 bridgehead atoms. The minimum absolute atomic E-state index is 0.0575. The lowest BCUT2D eigenvalue weighted by Gasteiger charge is -2.07. The van der Waals surface area contributed by atoms with E-state index >= 15 is 0 Å². The molecular formula is C16H17N5O4S. The van der Waals surface area contributed by atoms with Gasteiger partial charge in [0.25, 0.3) is 15.6 Å². The van der Waals surface area contributed by atoms with Gasteiger partial charge >= 0.3 is 5.69 Å². The number of sulfonamides is 1. The number of anilines is 1. The van der Waals surface area contributed by atoms with E-state index < -0.39 is 21.3 Å². The van der Waals surface area contributed by atoms with Gasteiger partial charge in [-0.15, -0.1) is 0 Å². The molecule has 2 aromatic heterocycles. The average molecular weight is 375 g/mol. The van der Waals surface area contributed by atoms with E-state index in [0.29, 0.717) is 5.56 Å². The van der Waals surface area contributed by atoms with Crippen molar-refractivity contribution < 1.29 is 8.42 Å². The van der Waals surface area contributed by atoms with Gasteiger partial charge in [-0.1, -0.05) is 30.3 Å². The van der Waals surface area contributed by atoms with Crippen molar-refractivity contribution in [2.45, 2.75) is 24.8 Å². The molecule has 0 atom stereocenters. The second kappa shape index (κ2) is 6.64. The molecule has 3 N–H and O–H groups in total. The Bertz CT molecular complexity index is 1140. The van der Waals surface area contributed by atoms with Crippen LogP contribution in [0.4, 0.5) is 5.69 Å². The third kappa shape index (κ3) is 3.45. The molecule has 0 saturated carbocycles. The Balaban J connectivity index is 2.12. The molecule has 0 spiro atoms. The van der Waals surface area contributed by atoms with Gasteiger partial charge in [-0.25, -0.2) is 13.2 Å². The van der Waals surface area contributed by atoms with Crippen molar-refractivity contribution in [1.82, 2.24) is 19.7 Å². The topological polar surface area (TPSA) is 130 Å². The largest absolute Gasteiger partial charge is 0.325 e. The average Bonchev–Trinajstić information content (AvgIpc) is 3.05. The summed E-state index contributed by atoms with van der Waals surface area (Å²) in [7, 11) is -4.12. The fraction of sp³-hybridized carbons (Fsp3) is 0.188. The Labute approximate surface area is 148 Å². The van der Waals surface area contributed by atoms with Crippen LogP contribution in [0.3, 0.4) is 0 Å². The van der Waals surface area contributed by atoms with Crippen LogP contribution in [0.5, 0.6) is 0 Å². The van der Waals surface area contributed by atoms with Gasteiger partial charge in [-0.3, -0.25) is 19.2 Å². The van der Waals surface area contributed by atoms with Crippen LogP contribution in [-0.4, -0.2) is 28.2 Å². The molecule has 0 unspecified atom stereocenters. The van der Waals surface area contributed by atoms with Gasteiger partial charge in [0.2, 0.25) is 0 Å². The summed E-state index contributed by atoms with van der Waals surface area (Å²) >= 11 is 0. The van der Waals surface area contributed by atoms with Gasteiger partial charge in [-0.2, -0.15) is 5.10 Å². The molecule has 3 aromatic rings. The number of hydrogen-bond acceptors (Lipinski definition) is 5. The lowest BCUT2D eigenvalue weighted by molar-refractivity contribution is 0.532. The van der Waals surface area contributed by atoms with Gasteiger partial charge in [0.15, 0.2) is 0 Å². The lowest BCUT2D eigenvalue weighted by Crippen LogP contribution is -2.26. The van der Waals surface area contributed by atoms with Gasteiger partial charge in [0, 0.05) is 24.0 Å². The first-order chi connectivity index (χ1) is 12.3. The van der Waals surface area contributed by atoms with Crippen LogP contribution in [0.15, 0.2) is 57.2 Å². The van der Waals surface area contributed by atoms with E-state index in [1.54, 1.807) is 24.3 Å². The molecule has 0 amide bonds. The Morgan fingerprint density at radius 1 is 1.15 bits per heavy atom. The SMILES string of the molecule is CC(C)n1cc(S(=O)(=O)Nc2c[nH]c(=O)[nH]c2=O)c(-c2ccccc2)n1. The number of hydrogen-bond donors (Lipinski definition) is 3. The minimum Gasteiger partial charge on any atom is -0.312 e. The Morgan fingerprint density at radius 2 is 1.85 bits per heavy atom. The highest BCUT2D eigenvalue weighted by atomic mass is 32.2. The predicted molar refractivity (Wildman–Crippen MR) is 96.5 cm³/mol. The molecule has 1 aromatic carbocycles. The third-order valence-corrected chi connectivity index (χ3v) is 4.99. The van der Waals surface area contributed by atoms with E-state index in [1.807, 2.05) is 24.9 Å². The molecule has 2 heterocycles. The smallest absolute Gasteiger partial charge is 0.312 e. The Morgan fingerprint density at radius 3 is 2.46 bits per heavy atom. The molecule has 3 rings (SSSR count). The van der Waals surface area contributed by atoms with E-state index in [1.165, 1.54) is 10.9 Å². The van der Waals surface area contributed by atoms with E-state index in [2.05, 4.69) is 14.8 Å². The molecule has 0 aliphatic rings. The van der Waals surface area contributed by atoms with Crippen molar-refractivity contribution in [2.24, 2.45) is 0 Å². The minimum atomic E-state index is -4.12. The molecule has 0 radical (unpaired) electrons. The molecular weight excluding hydrogens is 358 g/mol. The number of rotatable bonds is 5. The van der Waals surface area contributed by atoms with Gasteiger partial charge in [-0.05, 0) is 13.8 Å². The molecule has 0 fully saturated rings. The first kappa shape index (κ1) is 17.7. The zero-order valence-corrected chi connectivity index (χ0v) is 14.9. The molecule has 0 aliphatic carbocycles. The maximum Gasteiger partial charge on any atom is 0.325 e.